The van der Waals surface area contributed by atoms with Crippen LogP contribution in [0.4, 0.5) is 0 Å². The fraction of sp³-hybridized carbons (Fsp3) is 0.714. The van der Waals surface area contributed by atoms with Crippen LogP contribution in [0.2, 0.25) is 0 Å². The molecule has 1 aliphatic heterocycles. The minimum atomic E-state index is -0.671. The summed E-state index contributed by atoms with van der Waals surface area (Å²) < 4.78 is -0.671. The molecule has 0 aliphatic carbocycles. The first-order valence-corrected chi connectivity index (χ1v) is 4.62. The zero-order valence-electron chi connectivity index (χ0n) is 7.39. The molecule has 0 aromatic rings. The van der Waals surface area contributed by atoms with Crippen LogP contribution < -0.4 is 10.8 Å². The first kappa shape index (κ1) is 10.5. The molecular weight excluding hydrogens is 240 g/mol. The summed E-state index contributed by atoms with van der Waals surface area (Å²) in [5.41, 5.74) is 2.16. The molecule has 13 heavy (non-hydrogen) atoms. The molecule has 0 aromatic heterocycles. The van der Waals surface area contributed by atoms with Crippen molar-refractivity contribution in [3.8, 4) is 0 Å². The van der Waals surface area contributed by atoms with E-state index in [4.69, 9.17) is 0 Å². The van der Waals surface area contributed by atoms with Crippen LogP contribution in [0.3, 0.4) is 0 Å². The summed E-state index contributed by atoms with van der Waals surface area (Å²) in [6, 6.07) is -0.579. The van der Waals surface area contributed by atoms with Crippen molar-refractivity contribution in [2.45, 2.75) is 24.2 Å². The highest BCUT2D eigenvalue weighted by atomic mass is 79.9. The van der Waals surface area contributed by atoms with Gasteiger partial charge in [0.2, 0.25) is 5.91 Å². The highest BCUT2D eigenvalue weighted by Crippen LogP contribution is 2.15. The summed E-state index contributed by atoms with van der Waals surface area (Å²) in [6.07, 6.45) is 0. The zero-order chi connectivity index (χ0) is 10.1. The first-order chi connectivity index (χ1) is 5.91. The Morgan fingerprint density at radius 2 is 2.38 bits per heavy atom. The summed E-state index contributed by atoms with van der Waals surface area (Å²) in [7, 11) is 0. The van der Waals surface area contributed by atoms with Crippen LogP contribution in [0.1, 0.15) is 13.8 Å². The number of carbonyl (C=O) groups is 2. The fourth-order valence-electron chi connectivity index (χ4n) is 0.780. The van der Waals surface area contributed by atoms with Gasteiger partial charge in [0.05, 0.1) is 4.32 Å². The summed E-state index contributed by atoms with van der Waals surface area (Å²) in [5, 5.41) is 2.55. The van der Waals surface area contributed by atoms with E-state index in [-0.39, 0.29) is 18.4 Å². The second-order valence-corrected chi connectivity index (χ2v) is 5.26. The molecule has 2 amide bonds. The van der Waals surface area contributed by atoms with Crippen LogP contribution in [0, 0.1) is 0 Å². The van der Waals surface area contributed by atoms with E-state index >= 15 is 0 Å². The van der Waals surface area contributed by atoms with Gasteiger partial charge in [-0.15, -0.1) is 0 Å². The topological polar surface area (TPSA) is 67.4 Å². The number of hydroxylamine groups is 1. The van der Waals surface area contributed by atoms with E-state index in [0.717, 1.165) is 0 Å². The van der Waals surface area contributed by atoms with Crippen molar-refractivity contribution >= 4 is 27.7 Å². The molecule has 6 heteroatoms. The van der Waals surface area contributed by atoms with Crippen molar-refractivity contribution in [1.82, 2.24) is 10.8 Å². The molecule has 5 nitrogen and oxygen atoms in total. The van der Waals surface area contributed by atoms with E-state index in [9.17, 15) is 9.59 Å². The molecule has 0 saturated carbocycles. The molecule has 0 aromatic carbocycles. The highest BCUT2D eigenvalue weighted by molar-refractivity contribution is 9.10. The van der Waals surface area contributed by atoms with Gasteiger partial charge in [-0.2, -0.15) is 0 Å². The monoisotopic (exact) mass is 250 g/mol. The number of rotatable bonds is 2. The maximum absolute atomic E-state index is 11.4. The lowest BCUT2D eigenvalue weighted by Crippen LogP contribution is -2.47. The SMILES string of the molecule is CC(C)(Br)C(=O)N[C@@H]1CONC1=O. The van der Waals surface area contributed by atoms with Crippen LogP contribution in [-0.4, -0.2) is 28.8 Å². The van der Waals surface area contributed by atoms with E-state index in [2.05, 4.69) is 31.6 Å². The quantitative estimate of drug-likeness (QED) is 0.662. The van der Waals surface area contributed by atoms with Crippen molar-refractivity contribution in [1.29, 1.82) is 0 Å². The highest BCUT2D eigenvalue weighted by Gasteiger charge is 2.32. The third-order valence-electron chi connectivity index (χ3n) is 1.58. The van der Waals surface area contributed by atoms with E-state index in [0.29, 0.717) is 0 Å². The largest absolute Gasteiger partial charge is 0.341 e. The minimum Gasteiger partial charge on any atom is -0.341 e. The van der Waals surface area contributed by atoms with Crippen molar-refractivity contribution in [2.75, 3.05) is 6.61 Å². The summed E-state index contributed by atoms with van der Waals surface area (Å²) in [5.74, 6) is -0.553. The molecule has 0 spiro atoms. The fourth-order valence-corrected chi connectivity index (χ4v) is 0.894. The maximum atomic E-state index is 11.4. The van der Waals surface area contributed by atoms with Crippen LogP contribution in [-0.2, 0) is 14.4 Å². The normalized spacial score (nSPS) is 22.7. The molecule has 1 fully saturated rings. The zero-order valence-corrected chi connectivity index (χ0v) is 8.97. The van der Waals surface area contributed by atoms with Crippen LogP contribution in [0.25, 0.3) is 0 Å². The molecule has 0 bridgehead atoms. The number of hydrogen-bond acceptors (Lipinski definition) is 3. The maximum Gasteiger partial charge on any atom is 0.268 e. The van der Waals surface area contributed by atoms with Crippen LogP contribution in [0.5, 0.6) is 0 Å². The van der Waals surface area contributed by atoms with Gasteiger partial charge in [0, 0.05) is 0 Å². The number of carbonyl (C=O) groups excluding carboxylic acids is 2. The van der Waals surface area contributed by atoms with Gasteiger partial charge in [-0.1, -0.05) is 15.9 Å². The van der Waals surface area contributed by atoms with Crippen molar-refractivity contribution < 1.29 is 14.4 Å². The predicted molar refractivity (Wildman–Crippen MR) is 49.0 cm³/mol. The molecule has 0 radical (unpaired) electrons. The third-order valence-corrected chi connectivity index (χ3v) is 1.94. The first-order valence-electron chi connectivity index (χ1n) is 3.83. The lowest BCUT2D eigenvalue weighted by atomic mass is 10.2. The van der Waals surface area contributed by atoms with E-state index < -0.39 is 10.4 Å². The van der Waals surface area contributed by atoms with Crippen LogP contribution in [0.15, 0.2) is 0 Å². The van der Waals surface area contributed by atoms with Crippen molar-refractivity contribution in [3.63, 3.8) is 0 Å². The smallest absolute Gasteiger partial charge is 0.268 e. The van der Waals surface area contributed by atoms with Gasteiger partial charge in [0.15, 0.2) is 0 Å². The Kier molecular flexibility index (Phi) is 2.92. The Morgan fingerprint density at radius 3 is 2.77 bits per heavy atom. The van der Waals surface area contributed by atoms with Gasteiger partial charge in [0.25, 0.3) is 5.91 Å². The molecule has 74 valence electrons. The summed E-state index contributed by atoms with van der Waals surface area (Å²) in [4.78, 5) is 27.0. The van der Waals surface area contributed by atoms with Crippen LogP contribution >= 0.6 is 15.9 Å². The van der Waals surface area contributed by atoms with Gasteiger partial charge in [-0.25, -0.2) is 5.48 Å². The third kappa shape index (κ3) is 2.67. The standard InChI is InChI=1S/C7H11BrN2O3/c1-7(2,8)6(12)9-4-3-13-10-5(4)11/h4H,3H2,1-2H3,(H,9,12)(H,10,11)/t4-/m1/s1. The molecule has 2 N–H and O–H groups in total. The van der Waals surface area contributed by atoms with E-state index in [1.54, 1.807) is 13.8 Å². The molecule has 1 saturated heterocycles. The summed E-state index contributed by atoms with van der Waals surface area (Å²) >= 11 is 3.19. The molecule has 1 heterocycles. The van der Waals surface area contributed by atoms with E-state index in [1.807, 2.05) is 0 Å². The number of amides is 2. The van der Waals surface area contributed by atoms with E-state index in [1.165, 1.54) is 0 Å². The number of alkyl halides is 1. The van der Waals surface area contributed by atoms with Crippen molar-refractivity contribution in [2.24, 2.45) is 0 Å². The Balaban J connectivity index is 2.49. The Morgan fingerprint density at radius 1 is 1.77 bits per heavy atom. The number of hydrogen-bond donors (Lipinski definition) is 2. The predicted octanol–water partition coefficient (Wildman–Crippen LogP) is -0.294. The van der Waals surface area contributed by atoms with Crippen molar-refractivity contribution in [3.05, 3.63) is 0 Å². The van der Waals surface area contributed by atoms with Gasteiger partial charge < -0.3 is 5.32 Å². The second-order valence-electron chi connectivity index (χ2n) is 3.28. The minimum absolute atomic E-state index is 0.174. The molecule has 0 unspecified atom stereocenters. The Bertz CT molecular complexity index is 236. The molecule has 1 atom stereocenters. The number of nitrogens with one attached hydrogen (secondary N) is 2. The number of halogens is 1. The Labute approximate surface area is 84.3 Å². The Hall–Kier alpha value is -0.620. The molecule has 1 aliphatic rings. The average Bonchev–Trinajstić information content (AvgIpc) is 2.34. The molecule has 1 rings (SSSR count). The second kappa shape index (κ2) is 3.63. The van der Waals surface area contributed by atoms with Gasteiger partial charge in [-0.05, 0) is 13.8 Å². The average molecular weight is 251 g/mol. The summed E-state index contributed by atoms with van der Waals surface area (Å²) in [6.45, 7) is 3.58. The van der Waals surface area contributed by atoms with Gasteiger partial charge in [0.1, 0.15) is 12.6 Å². The van der Waals surface area contributed by atoms with Gasteiger partial charge in [-0.3, -0.25) is 14.4 Å². The molecular formula is C7H11BrN2O3. The lowest BCUT2D eigenvalue weighted by Gasteiger charge is -2.17. The lowest BCUT2D eigenvalue weighted by molar-refractivity contribution is -0.129. The van der Waals surface area contributed by atoms with Gasteiger partial charge >= 0.3 is 0 Å².